The van der Waals surface area contributed by atoms with Gasteiger partial charge in [-0.1, -0.05) is 66.8 Å². The van der Waals surface area contributed by atoms with Gasteiger partial charge in [-0.2, -0.15) is 0 Å². The largest absolute Gasteiger partial charge is 0.497 e. The molecule has 0 spiro atoms. The van der Waals surface area contributed by atoms with Crippen molar-refractivity contribution in [3.63, 3.8) is 0 Å². The van der Waals surface area contributed by atoms with Crippen LogP contribution in [0, 0.1) is 0 Å². The number of hydrogen-bond donors (Lipinski definition) is 0. The van der Waals surface area contributed by atoms with E-state index in [9.17, 15) is 0 Å². The van der Waals surface area contributed by atoms with Crippen LogP contribution in [0.4, 0.5) is 0 Å². The molecule has 0 atom stereocenters. The molecule has 2 aliphatic carbocycles. The van der Waals surface area contributed by atoms with Crippen molar-refractivity contribution in [3.8, 4) is 11.5 Å². The molecular formula is C30H26O2. The molecule has 158 valence electrons. The number of allylic oxidation sites excluding steroid dienone is 8. The Kier molecular flexibility index (Phi) is 5.51. The highest BCUT2D eigenvalue weighted by atomic mass is 16.5. The van der Waals surface area contributed by atoms with Gasteiger partial charge in [-0.15, -0.1) is 0 Å². The van der Waals surface area contributed by atoms with E-state index in [1.165, 1.54) is 44.5 Å². The third kappa shape index (κ3) is 4.04. The summed E-state index contributed by atoms with van der Waals surface area (Å²) in [6, 6.07) is 25.5. The molecule has 5 rings (SSSR count). The van der Waals surface area contributed by atoms with Gasteiger partial charge in [0.15, 0.2) is 0 Å². The Bertz CT molecular complexity index is 1160. The van der Waals surface area contributed by atoms with Crippen LogP contribution in [-0.2, 0) is 0 Å². The van der Waals surface area contributed by atoms with Crippen LogP contribution in [0.1, 0.15) is 35.1 Å². The zero-order valence-electron chi connectivity index (χ0n) is 18.5. The third-order valence-corrected chi connectivity index (χ3v) is 6.26. The molecule has 0 aliphatic heterocycles. The van der Waals surface area contributed by atoms with Gasteiger partial charge in [0.25, 0.3) is 0 Å². The van der Waals surface area contributed by atoms with E-state index in [1.807, 2.05) is 24.3 Å². The van der Waals surface area contributed by atoms with E-state index >= 15 is 0 Å². The van der Waals surface area contributed by atoms with Gasteiger partial charge in [0.05, 0.1) is 14.2 Å². The number of hydrogen-bond acceptors (Lipinski definition) is 2. The molecule has 2 nitrogen and oxygen atoms in total. The van der Waals surface area contributed by atoms with Crippen LogP contribution in [-0.4, -0.2) is 14.2 Å². The SMILES string of the molecule is COc1ccc(C2=CC=C(c3cccc(C4=CC=C(c5ccc(OC)cc5)C4)c3)C2)cc1. The van der Waals surface area contributed by atoms with Gasteiger partial charge >= 0.3 is 0 Å². The van der Waals surface area contributed by atoms with Crippen molar-refractivity contribution in [2.45, 2.75) is 12.8 Å². The Labute approximate surface area is 189 Å². The molecule has 0 radical (unpaired) electrons. The summed E-state index contributed by atoms with van der Waals surface area (Å²) in [5, 5.41) is 0. The summed E-state index contributed by atoms with van der Waals surface area (Å²) < 4.78 is 10.6. The van der Waals surface area contributed by atoms with Crippen molar-refractivity contribution < 1.29 is 9.47 Å². The van der Waals surface area contributed by atoms with Crippen LogP contribution in [0.3, 0.4) is 0 Å². The second-order valence-electron chi connectivity index (χ2n) is 8.16. The molecule has 0 amide bonds. The standard InChI is InChI=1S/C30H26O2/c1-31-29-14-10-21(11-15-29)25-6-8-27(19-25)23-4-3-5-24(18-23)28-9-7-26(20-28)22-12-16-30(32-2)17-13-22/h3-18H,19-20H2,1-2H3. The van der Waals surface area contributed by atoms with Crippen LogP contribution in [0.2, 0.25) is 0 Å². The van der Waals surface area contributed by atoms with Crippen molar-refractivity contribution >= 4 is 22.3 Å². The van der Waals surface area contributed by atoms with Gasteiger partial charge in [0.1, 0.15) is 11.5 Å². The fourth-order valence-corrected chi connectivity index (χ4v) is 4.37. The lowest BCUT2D eigenvalue weighted by Crippen LogP contribution is -1.90. The first kappa shape index (κ1) is 20.1. The van der Waals surface area contributed by atoms with E-state index in [0.717, 1.165) is 24.3 Å². The topological polar surface area (TPSA) is 18.5 Å². The molecule has 2 heteroatoms. The minimum atomic E-state index is 0.890. The maximum absolute atomic E-state index is 5.28. The molecule has 0 saturated heterocycles. The maximum atomic E-state index is 5.28. The van der Waals surface area contributed by atoms with E-state index in [-0.39, 0.29) is 0 Å². The highest BCUT2D eigenvalue weighted by Crippen LogP contribution is 2.38. The monoisotopic (exact) mass is 418 g/mol. The average Bonchev–Trinajstić information content (AvgIpc) is 3.55. The minimum absolute atomic E-state index is 0.890. The zero-order valence-corrected chi connectivity index (χ0v) is 18.5. The summed E-state index contributed by atoms with van der Waals surface area (Å²) in [7, 11) is 3.40. The van der Waals surface area contributed by atoms with Gasteiger partial charge in [0.2, 0.25) is 0 Å². The Hall–Kier alpha value is -3.78. The van der Waals surface area contributed by atoms with Gasteiger partial charge in [-0.05, 0) is 87.7 Å². The van der Waals surface area contributed by atoms with Gasteiger partial charge in [-0.3, -0.25) is 0 Å². The van der Waals surface area contributed by atoms with Crippen LogP contribution >= 0.6 is 0 Å². The predicted octanol–water partition coefficient (Wildman–Crippen LogP) is 7.45. The molecule has 32 heavy (non-hydrogen) atoms. The second-order valence-corrected chi connectivity index (χ2v) is 8.16. The molecule has 0 aromatic heterocycles. The summed E-state index contributed by atoms with van der Waals surface area (Å²) in [6.07, 6.45) is 10.9. The number of methoxy groups -OCH3 is 2. The molecular weight excluding hydrogens is 392 g/mol. The first-order valence-electron chi connectivity index (χ1n) is 10.9. The lowest BCUT2D eigenvalue weighted by Gasteiger charge is -2.11. The Morgan fingerprint density at radius 2 is 0.844 bits per heavy atom. The fraction of sp³-hybridized carbons (Fsp3) is 0.133. The summed E-state index contributed by atoms with van der Waals surface area (Å²) in [4.78, 5) is 0. The van der Waals surface area contributed by atoms with Crippen molar-refractivity contribution in [1.82, 2.24) is 0 Å². The molecule has 0 fully saturated rings. The summed E-state index contributed by atoms with van der Waals surface area (Å²) in [6.45, 7) is 0. The predicted molar refractivity (Wildman–Crippen MR) is 134 cm³/mol. The van der Waals surface area contributed by atoms with Gasteiger partial charge in [0, 0.05) is 0 Å². The van der Waals surface area contributed by atoms with E-state index in [2.05, 4.69) is 72.8 Å². The first-order chi connectivity index (χ1) is 15.7. The zero-order chi connectivity index (χ0) is 21.9. The van der Waals surface area contributed by atoms with Crippen LogP contribution in [0.15, 0.2) is 97.1 Å². The Morgan fingerprint density at radius 3 is 1.22 bits per heavy atom. The number of rotatable bonds is 6. The fourth-order valence-electron chi connectivity index (χ4n) is 4.37. The molecule has 0 heterocycles. The van der Waals surface area contributed by atoms with Crippen LogP contribution in [0.25, 0.3) is 22.3 Å². The van der Waals surface area contributed by atoms with Crippen molar-refractivity contribution in [2.75, 3.05) is 14.2 Å². The number of benzene rings is 3. The second kappa shape index (κ2) is 8.76. The van der Waals surface area contributed by atoms with Crippen LogP contribution < -0.4 is 9.47 Å². The summed E-state index contributed by atoms with van der Waals surface area (Å²) >= 11 is 0. The van der Waals surface area contributed by atoms with Gasteiger partial charge in [-0.25, -0.2) is 0 Å². The quantitative estimate of drug-likeness (QED) is 0.414. The van der Waals surface area contributed by atoms with Crippen molar-refractivity contribution in [3.05, 3.63) is 119 Å². The highest BCUT2D eigenvalue weighted by Gasteiger charge is 2.16. The average molecular weight is 419 g/mol. The molecule has 2 aliphatic rings. The molecule has 3 aromatic rings. The lowest BCUT2D eigenvalue weighted by molar-refractivity contribution is 0.414. The van der Waals surface area contributed by atoms with Crippen molar-refractivity contribution in [2.24, 2.45) is 0 Å². The molecule has 0 bridgehead atoms. The summed E-state index contributed by atoms with van der Waals surface area (Å²) in [5.74, 6) is 1.78. The van der Waals surface area contributed by atoms with E-state index in [1.54, 1.807) is 14.2 Å². The van der Waals surface area contributed by atoms with E-state index in [4.69, 9.17) is 9.47 Å². The first-order valence-corrected chi connectivity index (χ1v) is 10.9. The van der Waals surface area contributed by atoms with E-state index in [0.29, 0.717) is 0 Å². The van der Waals surface area contributed by atoms with Crippen LogP contribution in [0.5, 0.6) is 11.5 Å². The Morgan fingerprint density at radius 1 is 0.469 bits per heavy atom. The molecule has 0 unspecified atom stereocenters. The molecule has 0 N–H and O–H groups in total. The third-order valence-electron chi connectivity index (χ3n) is 6.26. The number of ether oxygens (including phenoxy) is 2. The Balaban J connectivity index is 1.27. The normalized spacial score (nSPS) is 15.1. The lowest BCUT2D eigenvalue weighted by atomic mass is 9.94. The maximum Gasteiger partial charge on any atom is 0.118 e. The highest BCUT2D eigenvalue weighted by molar-refractivity contribution is 5.90. The van der Waals surface area contributed by atoms with E-state index < -0.39 is 0 Å². The molecule has 0 saturated carbocycles. The smallest absolute Gasteiger partial charge is 0.118 e. The minimum Gasteiger partial charge on any atom is -0.497 e. The van der Waals surface area contributed by atoms with Gasteiger partial charge < -0.3 is 9.47 Å². The molecule has 3 aromatic carbocycles. The van der Waals surface area contributed by atoms with Crippen molar-refractivity contribution in [1.29, 1.82) is 0 Å². The summed E-state index contributed by atoms with van der Waals surface area (Å²) in [5.41, 5.74) is 10.5.